The quantitative estimate of drug-likeness (QED) is 0.596. The number of nitrogens with zero attached hydrogens (tertiary/aromatic N) is 2. The smallest absolute Gasteiger partial charge is 0.366 e. The minimum Gasteiger partial charge on any atom is -0.376 e. The molecule has 2 rings (SSSR count). The molecule has 0 amide bonds. The van der Waals surface area contributed by atoms with E-state index in [1.807, 2.05) is 6.92 Å². The van der Waals surface area contributed by atoms with E-state index in [4.69, 9.17) is 4.74 Å². The summed E-state index contributed by atoms with van der Waals surface area (Å²) in [6.07, 6.45) is 3.57. The molecule has 1 fully saturated rings. The Morgan fingerprint density at radius 2 is 2.62 bits per heavy atom. The van der Waals surface area contributed by atoms with E-state index in [9.17, 15) is 10.1 Å². The third kappa shape index (κ3) is 2.13. The van der Waals surface area contributed by atoms with E-state index in [2.05, 4.69) is 15.5 Å². The van der Waals surface area contributed by atoms with Crippen LogP contribution in [-0.2, 0) is 4.74 Å². The van der Waals surface area contributed by atoms with Crippen molar-refractivity contribution in [1.82, 2.24) is 10.2 Å². The summed E-state index contributed by atoms with van der Waals surface area (Å²) in [5.41, 5.74) is 0.410. The van der Waals surface area contributed by atoms with Crippen LogP contribution in [0, 0.1) is 10.1 Å². The molecule has 1 aromatic rings. The molecule has 0 radical (unpaired) electrons. The van der Waals surface area contributed by atoms with E-state index in [0.29, 0.717) is 5.69 Å². The predicted octanol–water partition coefficient (Wildman–Crippen LogP) is 1.30. The Hall–Kier alpha value is -1.63. The molecule has 0 spiro atoms. The average Bonchev–Trinajstić information content (AvgIpc) is 2.86. The first-order chi connectivity index (χ1) is 7.68. The van der Waals surface area contributed by atoms with Crippen molar-refractivity contribution in [3.63, 3.8) is 0 Å². The largest absolute Gasteiger partial charge is 0.376 e. The van der Waals surface area contributed by atoms with Crippen LogP contribution in [0.3, 0.4) is 0 Å². The van der Waals surface area contributed by atoms with E-state index in [1.54, 1.807) is 0 Å². The highest BCUT2D eigenvalue weighted by Gasteiger charge is 2.25. The SMILES string of the molecule is CC(Nc1cn[nH]c1[N+](=O)[O-])C1CCCO1. The normalized spacial score (nSPS) is 21.9. The van der Waals surface area contributed by atoms with Crippen molar-refractivity contribution in [3.05, 3.63) is 16.3 Å². The lowest BCUT2D eigenvalue weighted by atomic mass is 10.1. The summed E-state index contributed by atoms with van der Waals surface area (Å²) in [5, 5.41) is 19.7. The van der Waals surface area contributed by atoms with Gasteiger partial charge in [-0.05, 0) is 24.7 Å². The molecule has 1 aromatic heterocycles. The number of hydrogen-bond acceptors (Lipinski definition) is 5. The molecule has 0 saturated carbocycles. The summed E-state index contributed by atoms with van der Waals surface area (Å²) in [5.74, 6) is -0.107. The highest BCUT2D eigenvalue weighted by Crippen LogP contribution is 2.24. The zero-order valence-electron chi connectivity index (χ0n) is 8.97. The minimum absolute atomic E-state index is 0.0406. The number of hydrogen-bond donors (Lipinski definition) is 2. The number of H-pyrrole nitrogens is 1. The van der Waals surface area contributed by atoms with E-state index in [0.717, 1.165) is 19.4 Å². The van der Waals surface area contributed by atoms with Crippen LogP contribution in [0.2, 0.25) is 0 Å². The zero-order valence-corrected chi connectivity index (χ0v) is 8.97. The Labute approximate surface area is 92.3 Å². The van der Waals surface area contributed by atoms with Crippen molar-refractivity contribution in [2.75, 3.05) is 11.9 Å². The molecule has 2 heterocycles. The van der Waals surface area contributed by atoms with E-state index in [1.165, 1.54) is 6.20 Å². The number of ether oxygens (including phenoxy) is 1. The molecule has 88 valence electrons. The molecule has 1 aliphatic heterocycles. The van der Waals surface area contributed by atoms with E-state index < -0.39 is 4.92 Å². The Bertz CT molecular complexity index is 373. The van der Waals surface area contributed by atoms with Crippen LogP contribution in [0.15, 0.2) is 6.20 Å². The molecule has 7 nitrogen and oxygen atoms in total. The van der Waals surface area contributed by atoms with Gasteiger partial charge in [0.1, 0.15) is 6.20 Å². The number of rotatable bonds is 4. The Morgan fingerprint density at radius 1 is 1.81 bits per heavy atom. The fourth-order valence-electron chi connectivity index (χ4n) is 1.86. The van der Waals surface area contributed by atoms with Crippen LogP contribution in [0.4, 0.5) is 11.5 Å². The summed E-state index contributed by atoms with van der Waals surface area (Å²) in [4.78, 5) is 10.2. The molecule has 1 saturated heterocycles. The van der Waals surface area contributed by atoms with Crippen molar-refractivity contribution >= 4 is 11.5 Å². The lowest BCUT2D eigenvalue weighted by molar-refractivity contribution is -0.388. The summed E-state index contributed by atoms with van der Waals surface area (Å²) >= 11 is 0. The van der Waals surface area contributed by atoms with Crippen LogP contribution in [-0.4, -0.2) is 33.9 Å². The fourth-order valence-corrected chi connectivity index (χ4v) is 1.86. The maximum Gasteiger partial charge on any atom is 0.366 e. The maximum absolute atomic E-state index is 10.6. The van der Waals surface area contributed by atoms with Crippen LogP contribution in [0.25, 0.3) is 0 Å². The van der Waals surface area contributed by atoms with Crippen molar-refractivity contribution in [2.24, 2.45) is 0 Å². The highest BCUT2D eigenvalue weighted by atomic mass is 16.6. The van der Waals surface area contributed by atoms with Gasteiger partial charge in [0.25, 0.3) is 0 Å². The van der Waals surface area contributed by atoms with E-state index in [-0.39, 0.29) is 18.0 Å². The molecule has 2 unspecified atom stereocenters. The Morgan fingerprint density at radius 3 is 3.25 bits per heavy atom. The van der Waals surface area contributed by atoms with Gasteiger partial charge in [-0.1, -0.05) is 5.10 Å². The molecule has 2 atom stereocenters. The van der Waals surface area contributed by atoms with Crippen LogP contribution in [0.1, 0.15) is 19.8 Å². The molecular formula is C9H14N4O3. The van der Waals surface area contributed by atoms with Crippen molar-refractivity contribution in [1.29, 1.82) is 0 Å². The van der Waals surface area contributed by atoms with Crippen LogP contribution < -0.4 is 5.32 Å². The van der Waals surface area contributed by atoms with Gasteiger partial charge >= 0.3 is 5.82 Å². The van der Waals surface area contributed by atoms with Gasteiger partial charge < -0.3 is 20.2 Å². The van der Waals surface area contributed by atoms with Gasteiger partial charge in [0.2, 0.25) is 0 Å². The molecule has 0 aromatic carbocycles. The molecule has 7 heteroatoms. The second-order valence-electron chi connectivity index (χ2n) is 3.87. The first-order valence-electron chi connectivity index (χ1n) is 5.24. The number of aromatic amines is 1. The standard InChI is InChI=1S/C9H14N4O3/c1-6(8-3-2-4-16-8)11-7-5-10-12-9(7)13(14)15/h5-6,8,11H,2-4H2,1H3,(H,10,12). The van der Waals surface area contributed by atoms with Crippen molar-refractivity contribution in [2.45, 2.75) is 31.9 Å². The van der Waals surface area contributed by atoms with Gasteiger partial charge in [-0.3, -0.25) is 0 Å². The molecule has 0 bridgehead atoms. The fraction of sp³-hybridized carbons (Fsp3) is 0.667. The second kappa shape index (κ2) is 4.48. The Balaban J connectivity index is 2.02. The molecule has 1 aliphatic rings. The van der Waals surface area contributed by atoms with Crippen LogP contribution >= 0.6 is 0 Å². The highest BCUT2D eigenvalue weighted by molar-refractivity contribution is 5.56. The van der Waals surface area contributed by atoms with E-state index >= 15 is 0 Å². The zero-order chi connectivity index (χ0) is 11.5. The Kier molecular flexibility index (Phi) is 3.04. The number of nitro groups is 1. The lowest BCUT2D eigenvalue weighted by Gasteiger charge is -2.19. The van der Waals surface area contributed by atoms with Gasteiger partial charge in [0, 0.05) is 12.6 Å². The molecule has 16 heavy (non-hydrogen) atoms. The minimum atomic E-state index is -0.489. The topological polar surface area (TPSA) is 93.1 Å². The van der Waals surface area contributed by atoms with Crippen molar-refractivity contribution < 1.29 is 9.66 Å². The van der Waals surface area contributed by atoms with Crippen molar-refractivity contribution in [3.8, 4) is 0 Å². The molecule has 0 aliphatic carbocycles. The summed E-state index contributed by atoms with van der Waals surface area (Å²) in [6, 6.07) is 0.0406. The van der Waals surface area contributed by atoms with Gasteiger partial charge in [0.05, 0.1) is 6.10 Å². The predicted molar refractivity (Wildman–Crippen MR) is 57.3 cm³/mol. The number of anilines is 1. The lowest BCUT2D eigenvalue weighted by Crippen LogP contribution is -2.30. The second-order valence-corrected chi connectivity index (χ2v) is 3.87. The average molecular weight is 226 g/mol. The summed E-state index contributed by atoms with van der Waals surface area (Å²) in [7, 11) is 0. The van der Waals surface area contributed by atoms with Crippen LogP contribution in [0.5, 0.6) is 0 Å². The van der Waals surface area contributed by atoms with Gasteiger partial charge in [-0.2, -0.15) is 0 Å². The van der Waals surface area contributed by atoms with Gasteiger partial charge in [-0.15, -0.1) is 5.10 Å². The maximum atomic E-state index is 10.6. The van der Waals surface area contributed by atoms with Gasteiger partial charge in [-0.25, -0.2) is 0 Å². The number of nitrogens with one attached hydrogen (secondary N) is 2. The molecular weight excluding hydrogens is 212 g/mol. The first kappa shape index (κ1) is 10.9. The summed E-state index contributed by atoms with van der Waals surface area (Å²) < 4.78 is 5.50. The first-order valence-corrected chi connectivity index (χ1v) is 5.24. The third-order valence-corrected chi connectivity index (χ3v) is 2.71. The molecule has 2 N–H and O–H groups in total. The summed E-state index contributed by atoms with van der Waals surface area (Å²) in [6.45, 7) is 2.72. The van der Waals surface area contributed by atoms with Gasteiger partial charge in [0.15, 0.2) is 5.69 Å². The number of aromatic nitrogens is 2. The monoisotopic (exact) mass is 226 g/mol. The third-order valence-electron chi connectivity index (χ3n) is 2.71.